The molecule has 0 radical (unpaired) electrons. The molecular formula is C18H25N3O5S. The number of fused-ring (bicyclic) bond motifs is 1. The number of para-hydroxylation sites is 1. The van der Waals surface area contributed by atoms with Crippen molar-refractivity contribution in [3.05, 3.63) is 29.8 Å². The minimum atomic E-state index is -3.54. The van der Waals surface area contributed by atoms with Crippen molar-refractivity contribution in [1.82, 2.24) is 10.2 Å². The number of hydrogen-bond acceptors (Lipinski definition) is 4. The molecule has 2 aliphatic rings. The van der Waals surface area contributed by atoms with Gasteiger partial charge in [-0.3, -0.25) is 9.10 Å². The van der Waals surface area contributed by atoms with Crippen LogP contribution in [0.1, 0.15) is 31.2 Å². The molecule has 2 heterocycles. The van der Waals surface area contributed by atoms with Crippen molar-refractivity contribution in [3.63, 3.8) is 0 Å². The molecule has 0 aliphatic carbocycles. The lowest BCUT2D eigenvalue weighted by molar-refractivity contribution is -0.137. The minimum Gasteiger partial charge on any atom is -0.481 e. The number of urea groups is 1. The molecule has 9 heteroatoms. The molecule has 3 rings (SSSR count). The Morgan fingerprint density at radius 3 is 2.78 bits per heavy atom. The van der Waals surface area contributed by atoms with Gasteiger partial charge in [0.05, 0.1) is 10.9 Å². The van der Waals surface area contributed by atoms with Crippen LogP contribution >= 0.6 is 0 Å². The zero-order valence-electron chi connectivity index (χ0n) is 15.1. The summed E-state index contributed by atoms with van der Waals surface area (Å²) in [4.78, 5) is 24.3. The Kier molecular flexibility index (Phi) is 5.88. The fourth-order valence-electron chi connectivity index (χ4n) is 3.66. The van der Waals surface area contributed by atoms with E-state index in [1.807, 2.05) is 24.3 Å². The zero-order valence-corrected chi connectivity index (χ0v) is 16.0. The number of anilines is 1. The highest BCUT2D eigenvalue weighted by Gasteiger charge is 2.39. The number of aliphatic carboxylic acids is 1. The Morgan fingerprint density at radius 1 is 1.22 bits per heavy atom. The van der Waals surface area contributed by atoms with E-state index in [1.165, 1.54) is 9.21 Å². The van der Waals surface area contributed by atoms with E-state index < -0.39 is 21.2 Å². The van der Waals surface area contributed by atoms with Gasteiger partial charge in [-0.15, -0.1) is 0 Å². The molecule has 2 amide bonds. The first-order chi connectivity index (χ1) is 12.9. The molecule has 1 aromatic carbocycles. The number of nitrogens with one attached hydrogen (secondary N) is 1. The summed E-state index contributed by atoms with van der Waals surface area (Å²) < 4.78 is 27.8. The number of carboxylic acids is 1. The number of rotatable bonds is 6. The van der Waals surface area contributed by atoms with Crippen molar-refractivity contribution in [2.45, 2.75) is 37.4 Å². The van der Waals surface area contributed by atoms with Crippen LogP contribution in [0, 0.1) is 0 Å². The van der Waals surface area contributed by atoms with Crippen LogP contribution in [-0.4, -0.2) is 61.9 Å². The average Bonchev–Trinajstić information content (AvgIpc) is 3.10. The van der Waals surface area contributed by atoms with Gasteiger partial charge in [-0.25, -0.2) is 13.2 Å². The molecular weight excluding hydrogens is 370 g/mol. The largest absolute Gasteiger partial charge is 0.481 e. The van der Waals surface area contributed by atoms with Gasteiger partial charge < -0.3 is 15.3 Å². The third-order valence-corrected chi connectivity index (χ3v) is 7.30. The van der Waals surface area contributed by atoms with E-state index in [-0.39, 0.29) is 25.5 Å². The predicted molar refractivity (Wildman–Crippen MR) is 101 cm³/mol. The lowest BCUT2D eigenvalue weighted by Crippen LogP contribution is -2.52. The summed E-state index contributed by atoms with van der Waals surface area (Å²) in [5.74, 6) is -0.903. The Balaban J connectivity index is 1.62. The van der Waals surface area contributed by atoms with Crippen LogP contribution < -0.4 is 9.62 Å². The van der Waals surface area contributed by atoms with Gasteiger partial charge >= 0.3 is 12.0 Å². The molecule has 0 spiro atoms. The van der Waals surface area contributed by atoms with E-state index in [2.05, 4.69) is 5.32 Å². The number of piperidine rings is 1. The molecule has 0 bridgehead atoms. The molecule has 2 N–H and O–H groups in total. The van der Waals surface area contributed by atoms with Crippen molar-refractivity contribution in [1.29, 1.82) is 0 Å². The van der Waals surface area contributed by atoms with E-state index in [9.17, 15) is 18.0 Å². The third-order valence-electron chi connectivity index (χ3n) is 5.08. The smallest absolute Gasteiger partial charge is 0.317 e. The van der Waals surface area contributed by atoms with Crippen molar-refractivity contribution in [2.24, 2.45) is 0 Å². The molecule has 0 saturated carbocycles. The number of carbonyl (C=O) groups is 2. The van der Waals surface area contributed by atoms with Crippen LogP contribution in [0.5, 0.6) is 0 Å². The normalized spacial score (nSPS) is 19.6. The molecule has 1 saturated heterocycles. The molecule has 1 aromatic rings. The van der Waals surface area contributed by atoms with Crippen LogP contribution in [0.4, 0.5) is 10.5 Å². The molecule has 1 unspecified atom stereocenters. The summed E-state index contributed by atoms with van der Waals surface area (Å²) in [6.07, 6.45) is 2.20. The quantitative estimate of drug-likeness (QED) is 0.709. The maximum atomic E-state index is 13.2. The van der Waals surface area contributed by atoms with E-state index in [4.69, 9.17) is 5.11 Å². The van der Waals surface area contributed by atoms with Gasteiger partial charge in [-0.1, -0.05) is 18.2 Å². The van der Waals surface area contributed by atoms with E-state index >= 15 is 0 Å². The average molecular weight is 395 g/mol. The number of amides is 2. The summed E-state index contributed by atoms with van der Waals surface area (Å²) in [7, 11) is -3.54. The van der Waals surface area contributed by atoms with Gasteiger partial charge in [0.15, 0.2) is 0 Å². The maximum Gasteiger partial charge on any atom is 0.317 e. The minimum absolute atomic E-state index is 0.00828. The SMILES string of the molecule is O=C(O)CCCNC(=O)N1CCCC(S(=O)(=O)N2CCc3ccccc32)C1. The van der Waals surface area contributed by atoms with Crippen molar-refractivity contribution in [3.8, 4) is 0 Å². The van der Waals surface area contributed by atoms with Crippen LogP contribution in [-0.2, 0) is 21.2 Å². The highest BCUT2D eigenvalue weighted by molar-refractivity contribution is 7.93. The standard InChI is InChI=1S/C18H25N3O5S/c22-17(23)8-3-10-19-18(24)20-11-4-6-15(13-20)27(25,26)21-12-9-14-5-1-2-7-16(14)21/h1-2,5,7,15H,3-4,6,8-13H2,(H,19,24)(H,22,23). The second-order valence-electron chi connectivity index (χ2n) is 6.94. The van der Waals surface area contributed by atoms with Crippen LogP contribution in [0.2, 0.25) is 0 Å². The van der Waals surface area contributed by atoms with Crippen LogP contribution in [0.25, 0.3) is 0 Å². The van der Waals surface area contributed by atoms with Gasteiger partial charge in [0.2, 0.25) is 10.0 Å². The second kappa shape index (κ2) is 8.16. The van der Waals surface area contributed by atoms with Gasteiger partial charge in [-0.2, -0.15) is 0 Å². The monoisotopic (exact) mass is 395 g/mol. The number of likely N-dealkylation sites (tertiary alicyclic amines) is 1. The fourth-order valence-corrected chi connectivity index (χ4v) is 5.66. The topological polar surface area (TPSA) is 107 Å². The fraction of sp³-hybridized carbons (Fsp3) is 0.556. The first-order valence-corrected chi connectivity index (χ1v) is 10.7. The first kappa shape index (κ1) is 19.5. The predicted octanol–water partition coefficient (Wildman–Crippen LogP) is 1.42. The number of carbonyl (C=O) groups excluding carboxylic acids is 1. The first-order valence-electron chi connectivity index (χ1n) is 9.23. The van der Waals surface area contributed by atoms with Gasteiger partial charge in [0, 0.05) is 32.6 Å². The maximum absolute atomic E-state index is 13.2. The number of benzene rings is 1. The summed E-state index contributed by atoms with van der Waals surface area (Å²) in [5, 5.41) is 10.7. The molecule has 1 atom stereocenters. The number of sulfonamides is 1. The van der Waals surface area contributed by atoms with Gasteiger partial charge in [0.25, 0.3) is 0 Å². The van der Waals surface area contributed by atoms with E-state index in [0.29, 0.717) is 38.8 Å². The van der Waals surface area contributed by atoms with Gasteiger partial charge in [-0.05, 0) is 37.3 Å². The third kappa shape index (κ3) is 4.35. The van der Waals surface area contributed by atoms with Crippen molar-refractivity contribution in [2.75, 3.05) is 30.5 Å². The van der Waals surface area contributed by atoms with Crippen molar-refractivity contribution >= 4 is 27.7 Å². The Bertz CT molecular complexity index is 811. The number of nitrogens with zero attached hydrogens (tertiary/aromatic N) is 2. The molecule has 0 aromatic heterocycles. The molecule has 148 valence electrons. The Hall–Kier alpha value is -2.29. The summed E-state index contributed by atoms with van der Waals surface area (Å²) >= 11 is 0. The van der Waals surface area contributed by atoms with E-state index in [1.54, 1.807) is 0 Å². The summed E-state index contributed by atoms with van der Waals surface area (Å²) in [5.41, 5.74) is 1.78. The number of carboxylic acid groups (broad SMARTS) is 1. The van der Waals surface area contributed by atoms with E-state index in [0.717, 1.165) is 11.3 Å². The van der Waals surface area contributed by atoms with Crippen molar-refractivity contribution < 1.29 is 23.1 Å². The summed E-state index contributed by atoms with van der Waals surface area (Å²) in [6.45, 7) is 1.37. The Morgan fingerprint density at radius 2 is 2.00 bits per heavy atom. The lowest BCUT2D eigenvalue weighted by Gasteiger charge is -2.35. The molecule has 2 aliphatic heterocycles. The molecule has 27 heavy (non-hydrogen) atoms. The number of hydrogen-bond donors (Lipinski definition) is 2. The second-order valence-corrected chi connectivity index (χ2v) is 9.07. The summed E-state index contributed by atoms with van der Waals surface area (Å²) in [6, 6.07) is 7.19. The van der Waals surface area contributed by atoms with Gasteiger partial charge in [0.1, 0.15) is 0 Å². The zero-order chi connectivity index (χ0) is 19.4. The highest BCUT2D eigenvalue weighted by Crippen LogP contribution is 2.33. The highest BCUT2D eigenvalue weighted by atomic mass is 32.2. The van der Waals surface area contributed by atoms with Crippen LogP contribution in [0.15, 0.2) is 24.3 Å². The lowest BCUT2D eigenvalue weighted by atomic mass is 10.1. The molecule has 1 fully saturated rings. The molecule has 8 nitrogen and oxygen atoms in total. The van der Waals surface area contributed by atoms with Crippen LogP contribution in [0.3, 0.4) is 0 Å². The Labute approximate surface area is 159 Å².